The van der Waals surface area contributed by atoms with Crippen molar-refractivity contribution in [3.8, 4) is 0 Å². The number of benzene rings is 3. The second kappa shape index (κ2) is 12.0. The van der Waals surface area contributed by atoms with Crippen molar-refractivity contribution in [3.63, 3.8) is 0 Å². The molecule has 0 aliphatic carbocycles. The molecule has 2 aliphatic rings. The first-order valence-electron chi connectivity index (χ1n) is 14.0. The van der Waals surface area contributed by atoms with Gasteiger partial charge in [-0.2, -0.15) is 0 Å². The van der Waals surface area contributed by atoms with Crippen LogP contribution in [-0.2, 0) is 14.3 Å². The fourth-order valence-electron chi connectivity index (χ4n) is 5.32. The molecular weight excluding hydrogens is 564 g/mol. The molecule has 0 radical (unpaired) electrons. The van der Waals surface area contributed by atoms with Crippen LogP contribution in [0.4, 0.5) is 17.1 Å². The highest BCUT2D eigenvalue weighted by atomic mass is 32.1. The Labute approximate surface area is 253 Å². The molecule has 1 aromatic heterocycles. The van der Waals surface area contributed by atoms with E-state index >= 15 is 0 Å². The zero-order valence-electron chi connectivity index (χ0n) is 24.2. The number of esters is 1. The van der Waals surface area contributed by atoms with Gasteiger partial charge in [-0.3, -0.25) is 14.5 Å². The number of aromatic nitrogens is 1. The van der Waals surface area contributed by atoms with Crippen LogP contribution in [0, 0.1) is 0 Å². The number of methoxy groups -OCH3 is 1. The predicted molar refractivity (Wildman–Crippen MR) is 170 cm³/mol. The number of likely N-dealkylation sites (N-methyl/N-ethyl adjacent to an activating group) is 2. The van der Waals surface area contributed by atoms with E-state index < -0.39 is 5.97 Å². The van der Waals surface area contributed by atoms with Crippen LogP contribution in [0.5, 0.6) is 0 Å². The van der Waals surface area contributed by atoms with Gasteiger partial charge in [0.05, 0.1) is 51.9 Å². The van der Waals surface area contributed by atoms with E-state index in [0.717, 1.165) is 53.3 Å². The molecule has 3 aromatic carbocycles. The maximum absolute atomic E-state index is 13.4. The maximum atomic E-state index is 13.4. The Kier molecular flexibility index (Phi) is 7.94. The molecule has 11 heteroatoms. The van der Waals surface area contributed by atoms with Crippen molar-refractivity contribution in [3.05, 3.63) is 82.9 Å². The molecule has 0 spiro atoms. The SMILES string of the molecule is COC(=O)c1ccc2c(c1)NC(=O)C2=C(Nc1ccc(N(C)C(=O)CN2CCN(C)CC2)cc1)c1ccc2scnc2c1. The van der Waals surface area contributed by atoms with E-state index in [1.165, 1.54) is 7.11 Å². The van der Waals surface area contributed by atoms with Gasteiger partial charge < -0.3 is 25.2 Å². The fraction of sp³-hybridized carbons (Fsp3) is 0.250. The maximum Gasteiger partial charge on any atom is 0.337 e. The molecule has 43 heavy (non-hydrogen) atoms. The monoisotopic (exact) mass is 596 g/mol. The quantitative estimate of drug-likeness (QED) is 0.241. The van der Waals surface area contributed by atoms with Crippen molar-refractivity contribution in [1.29, 1.82) is 0 Å². The number of nitrogens with zero attached hydrogens (tertiary/aromatic N) is 4. The van der Waals surface area contributed by atoms with Crippen LogP contribution in [0.2, 0.25) is 0 Å². The van der Waals surface area contributed by atoms with Gasteiger partial charge in [-0.15, -0.1) is 11.3 Å². The normalized spacial score (nSPS) is 16.5. The first-order chi connectivity index (χ1) is 20.8. The minimum Gasteiger partial charge on any atom is -0.465 e. The lowest BCUT2D eigenvalue weighted by molar-refractivity contribution is -0.119. The van der Waals surface area contributed by atoms with E-state index in [2.05, 4.69) is 32.5 Å². The minimum absolute atomic E-state index is 0.0372. The lowest BCUT2D eigenvalue weighted by Crippen LogP contribution is -2.48. The van der Waals surface area contributed by atoms with Gasteiger partial charge >= 0.3 is 5.97 Å². The number of ether oxygens (including phenoxy) is 1. The van der Waals surface area contributed by atoms with E-state index in [0.29, 0.717) is 34.6 Å². The zero-order chi connectivity index (χ0) is 30.1. The molecule has 1 fully saturated rings. The molecule has 4 aromatic rings. The molecule has 0 saturated carbocycles. The van der Waals surface area contributed by atoms with Gasteiger partial charge in [-0.25, -0.2) is 9.78 Å². The van der Waals surface area contributed by atoms with Crippen LogP contribution in [-0.4, -0.2) is 86.5 Å². The third-order valence-electron chi connectivity index (χ3n) is 7.91. The number of hydrogen-bond donors (Lipinski definition) is 2. The number of anilines is 3. The number of amides is 2. The van der Waals surface area contributed by atoms with Crippen LogP contribution in [0.15, 0.2) is 66.2 Å². The number of carbonyl (C=O) groups is 3. The number of fused-ring (bicyclic) bond motifs is 2. The summed E-state index contributed by atoms with van der Waals surface area (Å²) in [6.07, 6.45) is 0. The first kappa shape index (κ1) is 28.5. The lowest BCUT2D eigenvalue weighted by Gasteiger charge is -2.32. The van der Waals surface area contributed by atoms with E-state index in [-0.39, 0.29) is 11.8 Å². The molecule has 3 heterocycles. The summed E-state index contributed by atoms with van der Waals surface area (Å²) < 4.78 is 5.89. The van der Waals surface area contributed by atoms with E-state index in [1.807, 2.05) is 42.5 Å². The number of carbonyl (C=O) groups excluding carboxylic acids is 3. The summed E-state index contributed by atoms with van der Waals surface area (Å²) in [5, 5.41) is 6.36. The number of hydrogen-bond acceptors (Lipinski definition) is 9. The Morgan fingerprint density at radius 2 is 1.77 bits per heavy atom. The molecule has 0 atom stereocenters. The summed E-state index contributed by atoms with van der Waals surface area (Å²) in [6.45, 7) is 4.05. The van der Waals surface area contributed by atoms with Crippen LogP contribution < -0.4 is 15.5 Å². The van der Waals surface area contributed by atoms with Crippen molar-refractivity contribution < 1.29 is 19.1 Å². The summed E-state index contributed by atoms with van der Waals surface area (Å²) >= 11 is 1.55. The number of thiazole rings is 1. The summed E-state index contributed by atoms with van der Waals surface area (Å²) in [4.78, 5) is 49.1. The molecule has 220 valence electrons. The van der Waals surface area contributed by atoms with Crippen LogP contribution >= 0.6 is 11.3 Å². The van der Waals surface area contributed by atoms with Crippen LogP contribution in [0.1, 0.15) is 21.5 Å². The summed E-state index contributed by atoms with van der Waals surface area (Å²) in [7, 11) is 5.21. The Morgan fingerprint density at radius 3 is 2.51 bits per heavy atom. The number of piperazine rings is 1. The molecule has 10 nitrogen and oxygen atoms in total. The Bertz CT molecular complexity index is 1740. The molecule has 1 saturated heterocycles. The largest absolute Gasteiger partial charge is 0.465 e. The molecule has 6 rings (SSSR count). The van der Waals surface area contributed by atoms with Crippen LogP contribution in [0.3, 0.4) is 0 Å². The predicted octanol–water partition coefficient (Wildman–Crippen LogP) is 4.23. The molecule has 2 N–H and O–H groups in total. The molecule has 2 aliphatic heterocycles. The van der Waals surface area contributed by atoms with Crippen molar-refractivity contribution in [2.24, 2.45) is 0 Å². The van der Waals surface area contributed by atoms with Crippen molar-refractivity contribution >= 4 is 67.7 Å². The Hall–Kier alpha value is -4.58. The molecular formula is C32H32N6O4S. The highest BCUT2D eigenvalue weighted by molar-refractivity contribution is 7.16. The fourth-order valence-corrected chi connectivity index (χ4v) is 5.98. The van der Waals surface area contributed by atoms with Crippen molar-refractivity contribution in [2.45, 2.75) is 0 Å². The third kappa shape index (κ3) is 5.87. The third-order valence-corrected chi connectivity index (χ3v) is 8.72. The van der Waals surface area contributed by atoms with Gasteiger partial charge in [0.25, 0.3) is 5.91 Å². The highest BCUT2D eigenvalue weighted by Gasteiger charge is 2.30. The van der Waals surface area contributed by atoms with Crippen molar-refractivity contribution in [2.75, 3.05) is 69.5 Å². The lowest BCUT2D eigenvalue weighted by atomic mass is 9.98. The van der Waals surface area contributed by atoms with Crippen LogP contribution in [0.25, 0.3) is 21.5 Å². The van der Waals surface area contributed by atoms with E-state index in [9.17, 15) is 14.4 Å². The molecule has 2 amide bonds. The first-order valence-corrected chi connectivity index (χ1v) is 14.8. The summed E-state index contributed by atoms with van der Waals surface area (Å²) in [6, 6.07) is 18.5. The van der Waals surface area contributed by atoms with Gasteiger partial charge in [-0.05, 0) is 55.6 Å². The molecule has 0 unspecified atom stereocenters. The van der Waals surface area contributed by atoms with Crippen molar-refractivity contribution in [1.82, 2.24) is 14.8 Å². The van der Waals surface area contributed by atoms with E-state index in [4.69, 9.17) is 4.74 Å². The average Bonchev–Trinajstić information content (AvgIpc) is 3.63. The average molecular weight is 597 g/mol. The van der Waals surface area contributed by atoms with Gasteiger partial charge in [0.15, 0.2) is 0 Å². The topological polar surface area (TPSA) is 107 Å². The van der Waals surface area contributed by atoms with Gasteiger partial charge in [0.1, 0.15) is 0 Å². The van der Waals surface area contributed by atoms with Gasteiger partial charge in [-0.1, -0.05) is 12.1 Å². The van der Waals surface area contributed by atoms with Gasteiger partial charge in [0.2, 0.25) is 5.91 Å². The number of rotatable bonds is 7. The smallest absolute Gasteiger partial charge is 0.337 e. The minimum atomic E-state index is -0.478. The van der Waals surface area contributed by atoms with Gasteiger partial charge in [0, 0.05) is 55.7 Å². The summed E-state index contributed by atoms with van der Waals surface area (Å²) in [5.74, 6) is -0.729. The second-order valence-electron chi connectivity index (χ2n) is 10.7. The summed E-state index contributed by atoms with van der Waals surface area (Å²) in [5.41, 5.74) is 7.55. The highest BCUT2D eigenvalue weighted by Crippen LogP contribution is 2.39. The Balaban J connectivity index is 1.30. The zero-order valence-corrected chi connectivity index (χ0v) is 25.0. The number of nitrogens with one attached hydrogen (secondary N) is 2. The Morgan fingerprint density at radius 1 is 1.02 bits per heavy atom. The standard InChI is InChI=1S/C32H32N6O4S/c1-36-12-14-38(15-13-36)18-28(39)37(2)23-8-6-22(7-9-23)34-30(20-5-11-27-26(16-20)33-19-43-27)29-24-10-4-21(32(41)42-3)17-25(24)35-31(29)40/h4-11,16-17,19,34H,12-15,18H2,1-3H3,(H,35,40). The van der Waals surface area contributed by atoms with E-state index in [1.54, 1.807) is 47.0 Å². The second-order valence-corrected chi connectivity index (χ2v) is 11.6. The molecule has 0 bridgehead atoms.